The highest BCUT2D eigenvalue weighted by Crippen LogP contribution is 2.29. The van der Waals surface area contributed by atoms with Gasteiger partial charge in [0.1, 0.15) is 5.82 Å². The highest BCUT2D eigenvalue weighted by Gasteiger charge is 2.34. The summed E-state index contributed by atoms with van der Waals surface area (Å²) in [6.07, 6.45) is 3.37. The first-order valence-corrected chi connectivity index (χ1v) is 10.2. The number of nitrogens with one attached hydrogen (secondary N) is 2. The summed E-state index contributed by atoms with van der Waals surface area (Å²) >= 11 is 0. The van der Waals surface area contributed by atoms with Gasteiger partial charge in [0, 0.05) is 25.2 Å². The number of hydrogen-bond acceptors (Lipinski definition) is 5. The summed E-state index contributed by atoms with van der Waals surface area (Å²) in [5, 5.41) is 6.93. The summed E-state index contributed by atoms with van der Waals surface area (Å²) in [6, 6.07) is 5.70. The van der Waals surface area contributed by atoms with Gasteiger partial charge >= 0.3 is 0 Å². The Morgan fingerprint density at radius 1 is 1.25 bits per heavy atom. The molecule has 1 aliphatic carbocycles. The third-order valence-electron chi connectivity index (χ3n) is 4.99. The van der Waals surface area contributed by atoms with Gasteiger partial charge in [0.2, 0.25) is 0 Å². The summed E-state index contributed by atoms with van der Waals surface area (Å²) in [6.45, 7) is 2.79. The number of benzene rings is 1. The standard InChI is InChI=1S/C17H25FN2O3S/c18-13-4-6-14(7-5-13)24(21,22)11-9-20-16-3-1-2-15(16)17-12-23-10-8-19-17/h4-7,15-17,19-20H,1-3,8-12H2. The van der Waals surface area contributed by atoms with Gasteiger partial charge in [-0.15, -0.1) is 0 Å². The van der Waals surface area contributed by atoms with Gasteiger partial charge in [0.15, 0.2) is 9.84 Å². The fraction of sp³-hybridized carbons (Fsp3) is 0.647. The zero-order valence-electron chi connectivity index (χ0n) is 13.7. The highest BCUT2D eigenvalue weighted by molar-refractivity contribution is 7.91. The smallest absolute Gasteiger partial charge is 0.179 e. The van der Waals surface area contributed by atoms with E-state index >= 15 is 0 Å². The van der Waals surface area contributed by atoms with Gasteiger partial charge in [-0.3, -0.25) is 0 Å². The predicted octanol–water partition coefficient (Wildman–Crippen LogP) is 1.35. The Bertz CT molecular complexity index is 630. The summed E-state index contributed by atoms with van der Waals surface area (Å²) in [5.41, 5.74) is 0. The number of rotatable bonds is 6. The number of ether oxygens (including phenoxy) is 1. The van der Waals surface area contributed by atoms with Gasteiger partial charge in [0.05, 0.1) is 23.9 Å². The molecule has 2 aliphatic rings. The second-order valence-electron chi connectivity index (χ2n) is 6.56. The van der Waals surface area contributed by atoms with Crippen LogP contribution in [0.25, 0.3) is 0 Å². The maximum atomic E-state index is 12.9. The maximum Gasteiger partial charge on any atom is 0.179 e. The van der Waals surface area contributed by atoms with Crippen LogP contribution in [0.4, 0.5) is 4.39 Å². The van der Waals surface area contributed by atoms with Crippen LogP contribution in [0.1, 0.15) is 19.3 Å². The molecule has 5 nitrogen and oxygen atoms in total. The molecule has 1 aromatic carbocycles. The van der Waals surface area contributed by atoms with Crippen molar-refractivity contribution in [3.05, 3.63) is 30.1 Å². The van der Waals surface area contributed by atoms with Crippen LogP contribution >= 0.6 is 0 Å². The third kappa shape index (κ3) is 4.33. The lowest BCUT2D eigenvalue weighted by molar-refractivity contribution is 0.0527. The van der Waals surface area contributed by atoms with E-state index in [2.05, 4.69) is 10.6 Å². The molecular formula is C17H25FN2O3S. The molecule has 2 fully saturated rings. The van der Waals surface area contributed by atoms with Crippen LogP contribution in [0.15, 0.2) is 29.2 Å². The molecule has 0 aromatic heterocycles. The van der Waals surface area contributed by atoms with Crippen LogP contribution in [0, 0.1) is 11.7 Å². The van der Waals surface area contributed by atoms with Gasteiger partial charge in [-0.25, -0.2) is 12.8 Å². The zero-order valence-corrected chi connectivity index (χ0v) is 14.5. The second-order valence-corrected chi connectivity index (χ2v) is 8.67. The average Bonchev–Trinajstić information content (AvgIpc) is 3.04. The molecule has 1 saturated carbocycles. The van der Waals surface area contributed by atoms with Crippen LogP contribution in [0.3, 0.4) is 0 Å². The maximum absolute atomic E-state index is 12.9. The number of sulfone groups is 1. The first-order valence-electron chi connectivity index (χ1n) is 8.59. The summed E-state index contributed by atoms with van der Waals surface area (Å²) < 4.78 is 43.1. The Morgan fingerprint density at radius 3 is 2.75 bits per heavy atom. The molecule has 3 unspecified atom stereocenters. The summed E-state index contributed by atoms with van der Waals surface area (Å²) in [7, 11) is -3.38. The van der Waals surface area contributed by atoms with E-state index in [1.165, 1.54) is 24.3 Å². The Labute approximate surface area is 142 Å². The summed E-state index contributed by atoms with van der Waals surface area (Å²) in [5.74, 6) is 0.0816. The quantitative estimate of drug-likeness (QED) is 0.753. The molecule has 0 bridgehead atoms. The Kier molecular flexibility index (Phi) is 5.86. The minimum atomic E-state index is -3.38. The lowest BCUT2D eigenvalue weighted by atomic mass is 9.94. The molecule has 1 aromatic rings. The molecule has 3 rings (SSSR count). The lowest BCUT2D eigenvalue weighted by Crippen LogP contribution is -2.51. The number of halogens is 1. The van der Waals surface area contributed by atoms with Crippen molar-refractivity contribution in [3.63, 3.8) is 0 Å². The molecule has 24 heavy (non-hydrogen) atoms. The Morgan fingerprint density at radius 2 is 2.04 bits per heavy atom. The number of hydrogen-bond donors (Lipinski definition) is 2. The average molecular weight is 356 g/mol. The van der Waals surface area contributed by atoms with Gasteiger partial charge in [-0.1, -0.05) is 6.42 Å². The largest absolute Gasteiger partial charge is 0.379 e. The van der Waals surface area contributed by atoms with Crippen molar-refractivity contribution in [2.75, 3.05) is 32.1 Å². The first kappa shape index (κ1) is 17.8. The minimum absolute atomic E-state index is 0.0243. The highest BCUT2D eigenvalue weighted by atomic mass is 32.2. The van der Waals surface area contributed by atoms with Crippen LogP contribution in [-0.4, -0.2) is 52.6 Å². The minimum Gasteiger partial charge on any atom is -0.379 e. The van der Waals surface area contributed by atoms with E-state index in [1.54, 1.807) is 0 Å². The Balaban J connectivity index is 1.52. The van der Waals surface area contributed by atoms with Crippen molar-refractivity contribution in [1.82, 2.24) is 10.6 Å². The van der Waals surface area contributed by atoms with Crippen molar-refractivity contribution in [2.24, 2.45) is 5.92 Å². The van der Waals surface area contributed by atoms with Crippen molar-refractivity contribution < 1.29 is 17.5 Å². The Hall–Kier alpha value is -1.02. The molecule has 0 radical (unpaired) electrons. The van der Waals surface area contributed by atoms with Gasteiger partial charge in [-0.05, 0) is 43.0 Å². The molecule has 2 N–H and O–H groups in total. The summed E-state index contributed by atoms with van der Waals surface area (Å²) in [4.78, 5) is 0.177. The van der Waals surface area contributed by atoms with Gasteiger partial charge in [0.25, 0.3) is 0 Å². The van der Waals surface area contributed by atoms with Crippen molar-refractivity contribution >= 4 is 9.84 Å². The van der Waals surface area contributed by atoms with E-state index in [9.17, 15) is 12.8 Å². The molecule has 1 aliphatic heterocycles. The lowest BCUT2D eigenvalue weighted by Gasteiger charge is -2.33. The first-order chi connectivity index (χ1) is 11.6. The van der Waals surface area contributed by atoms with E-state index in [1.807, 2.05) is 0 Å². The van der Waals surface area contributed by atoms with Crippen molar-refractivity contribution in [3.8, 4) is 0 Å². The zero-order chi connectivity index (χ0) is 17.0. The SMILES string of the molecule is O=S(=O)(CCNC1CCCC1C1COCCN1)c1ccc(F)cc1. The van der Waals surface area contributed by atoms with E-state index in [-0.39, 0.29) is 10.6 Å². The molecule has 3 atom stereocenters. The molecule has 0 spiro atoms. The number of morpholine rings is 1. The van der Waals surface area contributed by atoms with Crippen LogP contribution in [0.2, 0.25) is 0 Å². The van der Waals surface area contributed by atoms with Gasteiger partial charge < -0.3 is 15.4 Å². The van der Waals surface area contributed by atoms with E-state index < -0.39 is 15.7 Å². The topological polar surface area (TPSA) is 67.4 Å². The molecule has 1 saturated heterocycles. The van der Waals surface area contributed by atoms with Crippen molar-refractivity contribution in [2.45, 2.75) is 36.2 Å². The van der Waals surface area contributed by atoms with Crippen LogP contribution < -0.4 is 10.6 Å². The molecule has 0 amide bonds. The predicted molar refractivity (Wildman–Crippen MR) is 90.2 cm³/mol. The third-order valence-corrected chi connectivity index (χ3v) is 6.72. The van der Waals surface area contributed by atoms with E-state index in [0.29, 0.717) is 24.5 Å². The molecular weight excluding hydrogens is 331 g/mol. The molecule has 1 heterocycles. The van der Waals surface area contributed by atoms with Crippen molar-refractivity contribution in [1.29, 1.82) is 0 Å². The molecule has 7 heteroatoms. The monoisotopic (exact) mass is 356 g/mol. The van der Waals surface area contributed by atoms with Gasteiger partial charge in [-0.2, -0.15) is 0 Å². The normalized spacial score (nSPS) is 28.1. The fourth-order valence-electron chi connectivity index (χ4n) is 3.72. The van der Waals surface area contributed by atoms with E-state index in [4.69, 9.17) is 4.74 Å². The van der Waals surface area contributed by atoms with Crippen LogP contribution in [-0.2, 0) is 14.6 Å². The second kappa shape index (κ2) is 7.91. The fourth-order valence-corrected chi connectivity index (χ4v) is 4.90. The molecule has 134 valence electrons. The van der Waals surface area contributed by atoms with E-state index in [0.717, 1.165) is 39.0 Å². The van der Waals surface area contributed by atoms with Crippen LogP contribution in [0.5, 0.6) is 0 Å².